The molecule has 5 nitrogen and oxygen atoms in total. The van der Waals surface area contributed by atoms with Crippen molar-refractivity contribution in [1.82, 2.24) is 4.90 Å². The summed E-state index contributed by atoms with van der Waals surface area (Å²) in [7, 11) is 0. The molecule has 0 unspecified atom stereocenters. The first-order chi connectivity index (χ1) is 12.3. The van der Waals surface area contributed by atoms with Gasteiger partial charge in [0.2, 0.25) is 0 Å². The fourth-order valence-corrected chi connectivity index (χ4v) is 3.75. The van der Waals surface area contributed by atoms with Gasteiger partial charge in [-0.25, -0.2) is 4.79 Å². The molecule has 1 aliphatic rings. The number of nitrogens with zero attached hydrogens (tertiary/aromatic N) is 1. The molecule has 0 saturated carbocycles. The van der Waals surface area contributed by atoms with Gasteiger partial charge in [-0.1, -0.05) is 24.3 Å². The first kappa shape index (κ1) is 18.2. The monoisotopic (exact) mass is 384 g/mol. The average Bonchev–Trinajstić information content (AvgIpc) is 3.24. The van der Waals surface area contributed by atoms with Crippen LogP contribution in [0.4, 0.5) is 23.7 Å². The van der Waals surface area contributed by atoms with E-state index in [-0.39, 0.29) is 0 Å². The SMILES string of the molecule is O=C(O)[C@@H]1CN(C(=O)Nc2ccccc2-c2cccs2)C[C@H]1C(F)(F)F. The average molecular weight is 384 g/mol. The van der Waals surface area contributed by atoms with E-state index >= 15 is 0 Å². The maximum Gasteiger partial charge on any atom is 0.394 e. The Kier molecular flexibility index (Phi) is 4.90. The predicted molar refractivity (Wildman–Crippen MR) is 91.0 cm³/mol. The summed E-state index contributed by atoms with van der Waals surface area (Å²) < 4.78 is 39.2. The largest absolute Gasteiger partial charge is 0.481 e. The third-order valence-electron chi connectivity index (χ3n) is 4.30. The van der Waals surface area contributed by atoms with Gasteiger partial charge in [-0.2, -0.15) is 13.2 Å². The zero-order valence-corrected chi connectivity index (χ0v) is 14.2. The molecule has 0 radical (unpaired) electrons. The number of para-hydroxylation sites is 1. The first-order valence-corrected chi connectivity index (χ1v) is 8.63. The highest BCUT2D eigenvalue weighted by Crippen LogP contribution is 2.38. The number of hydrogen-bond donors (Lipinski definition) is 2. The Morgan fingerprint density at radius 3 is 2.46 bits per heavy atom. The van der Waals surface area contributed by atoms with Gasteiger partial charge in [-0.15, -0.1) is 11.3 Å². The zero-order valence-electron chi connectivity index (χ0n) is 13.4. The molecule has 138 valence electrons. The second-order valence-electron chi connectivity index (χ2n) is 5.95. The Hall–Kier alpha value is -2.55. The number of thiophene rings is 1. The van der Waals surface area contributed by atoms with Crippen molar-refractivity contribution in [3.63, 3.8) is 0 Å². The topological polar surface area (TPSA) is 69.6 Å². The molecule has 9 heteroatoms. The number of alkyl halides is 3. The van der Waals surface area contributed by atoms with E-state index in [4.69, 9.17) is 5.11 Å². The molecule has 26 heavy (non-hydrogen) atoms. The van der Waals surface area contributed by atoms with Crippen molar-refractivity contribution < 1.29 is 27.9 Å². The number of nitrogens with one attached hydrogen (secondary N) is 1. The lowest BCUT2D eigenvalue weighted by molar-refractivity contribution is -0.187. The van der Waals surface area contributed by atoms with Crippen LogP contribution in [0.15, 0.2) is 41.8 Å². The highest BCUT2D eigenvalue weighted by molar-refractivity contribution is 7.13. The summed E-state index contributed by atoms with van der Waals surface area (Å²) in [5.74, 6) is -5.28. The highest BCUT2D eigenvalue weighted by Gasteiger charge is 2.53. The van der Waals surface area contributed by atoms with Gasteiger partial charge >= 0.3 is 18.2 Å². The van der Waals surface area contributed by atoms with E-state index in [9.17, 15) is 22.8 Å². The summed E-state index contributed by atoms with van der Waals surface area (Å²) in [4.78, 5) is 25.4. The van der Waals surface area contributed by atoms with Crippen LogP contribution in [-0.4, -0.2) is 41.3 Å². The van der Waals surface area contributed by atoms with Gasteiger partial charge in [0.15, 0.2) is 0 Å². The van der Waals surface area contributed by atoms with Crippen LogP contribution >= 0.6 is 11.3 Å². The van der Waals surface area contributed by atoms with Crippen LogP contribution in [0, 0.1) is 11.8 Å². The molecule has 2 N–H and O–H groups in total. The Labute approximate surface area is 151 Å². The summed E-state index contributed by atoms with van der Waals surface area (Å²) in [6.07, 6.45) is -4.67. The number of halogens is 3. The normalized spacial score (nSPS) is 20.2. The molecule has 1 aromatic carbocycles. The lowest BCUT2D eigenvalue weighted by Crippen LogP contribution is -2.35. The third-order valence-corrected chi connectivity index (χ3v) is 5.20. The number of urea groups is 1. The van der Waals surface area contributed by atoms with E-state index in [2.05, 4.69) is 5.32 Å². The predicted octanol–water partition coefficient (Wildman–Crippen LogP) is 4.14. The smallest absolute Gasteiger partial charge is 0.394 e. The van der Waals surface area contributed by atoms with Crippen molar-refractivity contribution in [2.75, 3.05) is 18.4 Å². The number of benzene rings is 1. The number of hydrogen-bond acceptors (Lipinski definition) is 3. The van der Waals surface area contributed by atoms with Gasteiger partial charge in [0.05, 0.1) is 17.5 Å². The number of rotatable bonds is 3. The van der Waals surface area contributed by atoms with E-state index in [0.29, 0.717) is 5.69 Å². The number of carboxylic acids is 1. The van der Waals surface area contributed by atoms with Crippen LogP contribution in [0.5, 0.6) is 0 Å². The molecular weight excluding hydrogens is 369 g/mol. The van der Waals surface area contributed by atoms with Crippen molar-refractivity contribution in [3.8, 4) is 10.4 Å². The molecule has 3 rings (SSSR count). The van der Waals surface area contributed by atoms with Crippen molar-refractivity contribution >= 4 is 29.0 Å². The van der Waals surface area contributed by atoms with Crippen LogP contribution in [0.1, 0.15) is 0 Å². The fourth-order valence-electron chi connectivity index (χ4n) is 2.98. The Balaban J connectivity index is 1.79. The molecule has 1 aliphatic heterocycles. The van der Waals surface area contributed by atoms with Crippen LogP contribution < -0.4 is 5.32 Å². The van der Waals surface area contributed by atoms with Crippen LogP contribution in [0.2, 0.25) is 0 Å². The van der Waals surface area contributed by atoms with E-state index < -0.39 is 43.1 Å². The summed E-state index contributed by atoms with van der Waals surface area (Å²) in [6, 6.07) is 9.92. The van der Waals surface area contributed by atoms with Crippen molar-refractivity contribution in [1.29, 1.82) is 0 Å². The zero-order chi connectivity index (χ0) is 18.9. The van der Waals surface area contributed by atoms with Gasteiger partial charge in [-0.05, 0) is 17.5 Å². The molecule has 0 bridgehead atoms. The summed E-state index contributed by atoms with van der Waals surface area (Å²) >= 11 is 1.47. The van der Waals surface area contributed by atoms with Crippen LogP contribution in [0.25, 0.3) is 10.4 Å². The molecule has 2 amide bonds. The number of aliphatic carboxylic acids is 1. The van der Waals surface area contributed by atoms with Gasteiger partial charge in [0, 0.05) is 23.5 Å². The Morgan fingerprint density at radius 2 is 1.88 bits per heavy atom. The number of anilines is 1. The summed E-state index contributed by atoms with van der Waals surface area (Å²) in [6.45, 7) is -1.15. The number of carbonyl (C=O) groups excluding carboxylic acids is 1. The second kappa shape index (κ2) is 6.99. The van der Waals surface area contributed by atoms with Crippen molar-refractivity contribution in [3.05, 3.63) is 41.8 Å². The van der Waals surface area contributed by atoms with Gasteiger partial charge in [-0.3, -0.25) is 4.79 Å². The molecular formula is C17H15F3N2O3S. The number of carboxylic acid groups (broad SMARTS) is 1. The number of amides is 2. The standard InChI is InChI=1S/C17H15F3N2O3S/c18-17(19,20)12-9-22(8-11(12)15(23)24)16(25)21-13-5-2-1-4-10(13)14-6-3-7-26-14/h1-7,11-12H,8-9H2,(H,21,25)(H,23,24)/t11-,12-/m1/s1. The van der Waals surface area contributed by atoms with Crippen LogP contribution in [0.3, 0.4) is 0 Å². The molecule has 2 heterocycles. The van der Waals surface area contributed by atoms with E-state index in [1.54, 1.807) is 24.3 Å². The molecule has 2 atom stereocenters. The van der Waals surface area contributed by atoms with Gasteiger partial charge in [0.25, 0.3) is 0 Å². The Bertz CT molecular complexity index is 808. The van der Waals surface area contributed by atoms with Crippen LogP contribution in [-0.2, 0) is 4.79 Å². The maximum atomic E-state index is 13.1. The van der Waals surface area contributed by atoms with E-state index in [1.165, 1.54) is 11.3 Å². The van der Waals surface area contributed by atoms with E-state index in [1.807, 2.05) is 17.5 Å². The lowest BCUT2D eigenvalue weighted by atomic mass is 9.96. The minimum absolute atomic E-state index is 0.460. The maximum absolute atomic E-state index is 13.1. The number of carbonyl (C=O) groups is 2. The quantitative estimate of drug-likeness (QED) is 0.836. The van der Waals surface area contributed by atoms with Gasteiger partial charge in [0.1, 0.15) is 0 Å². The summed E-state index contributed by atoms with van der Waals surface area (Å²) in [5.41, 5.74) is 1.21. The van der Waals surface area contributed by atoms with Crippen molar-refractivity contribution in [2.24, 2.45) is 11.8 Å². The van der Waals surface area contributed by atoms with E-state index in [0.717, 1.165) is 15.3 Å². The molecule has 1 aromatic heterocycles. The molecule has 2 aromatic rings. The highest BCUT2D eigenvalue weighted by atomic mass is 32.1. The molecule has 0 spiro atoms. The minimum atomic E-state index is -4.67. The fraction of sp³-hybridized carbons (Fsp3) is 0.294. The van der Waals surface area contributed by atoms with Crippen molar-refractivity contribution in [2.45, 2.75) is 6.18 Å². The second-order valence-corrected chi connectivity index (χ2v) is 6.90. The lowest BCUT2D eigenvalue weighted by Gasteiger charge is -2.19. The minimum Gasteiger partial charge on any atom is -0.481 e. The third kappa shape index (κ3) is 3.67. The van der Waals surface area contributed by atoms with Gasteiger partial charge < -0.3 is 15.3 Å². The first-order valence-electron chi connectivity index (χ1n) is 7.75. The number of likely N-dealkylation sites (tertiary alicyclic amines) is 1. The molecule has 1 fully saturated rings. The molecule has 0 aliphatic carbocycles. The molecule has 1 saturated heterocycles. The summed E-state index contributed by atoms with van der Waals surface area (Å²) in [5, 5.41) is 13.5. The Morgan fingerprint density at radius 1 is 1.15 bits per heavy atom.